The van der Waals surface area contributed by atoms with Gasteiger partial charge in [0.2, 0.25) is 5.91 Å². The highest BCUT2D eigenvalue weighted by Gasteiger charge is 2.24. The van der Waals surface area contributed by atoms with Gasteiger partial charge in [-0.2, -0.15) is 0 Å². The van der Waals surface area contributed by atoms with Crippen LogP contribution in [0, 0.1) is 0 Å². The zero-order valence-corrected chi connectivity index (χ0v) is 22.6. The van der Waals surface area contributed by atoms with Gasteiger partial charge in [-0.1, -0.05) is 17.7 Å². The number of hydrogen-bond acceptors (Lipinski definition) is 7. The Bertz CT molecular complexity index is 1220. The topological polar surface area (TPSA) is 165 Å². The molecule has 35 heavy (non-hydrogen) atoms. The molecule has 0 atom stereocenters. The Morgan fingerprint density at radius 2 is 1.94 bits per heavy atom. The van der Waals surface area contributed by atoms with Crippen LogP contribution < -0.4 is 50.6 Å². The number of anilines is 2. The molecule has 11 nitrogen and oxygen atoms in total. The fourth-order valence-electron chi connectivity index (χ4n) is 3.76. The fourth-order valence-corrected chi connectivity index (χ4v) is 3.88. The molecule has 0 saturated heterocycles. The molecule has 1 aromatic carbocycles. The molecule has 3 aromatic rings. The van der Waals surface area contributed by atoms with Crippen molar-refractivity contribution in [2.45, 2.75) is 39.3 Å². The van der Waals surface area contributed by atoms with Crippen molar-refractivity contribution in [1.82, 2.24) is 25.2 Å². The first-order valence-corrected chi connectivity index (χ1v) is 11.4. The van der Waals surface area contributed by atoms with Crippen LogP contribution in [0.15, 0.2) is 18.2 Å². The van der Waals surface area contributed by atoms with Crippen LogP contribution in [0.5, 0.6) is 0 Å². The van der Waals surface area contributed by atoms with Crippen LogP contribution >= 0.6 is 11.6 Å². The van der Waals surface area contributed by atoms with Crippen molar-refractivity contribution < 1.29 is 43.2 Å². The lowest BCUT2D eigenvalue weighted by molar-refractivity contribution is -0.654. The average Bonchev–Trinajstić information content (AvgIpc) is 3.08. The van der Waals surface area contributed by atoms with Gasteiger partial charge >= 0.3 is 0 Å². The highest BCUT2D eigenvalue weighted by Crippen LogP contribution is 2.19. The van der Waals surface area contributed by atoms with Gasteiger partial charge in [-0.15, -0.1) is 0 Å². The molecule has 190 valence electrons. The van der Waals surface area contributed by atoms with Crippen molar-refractivity contribution in [3.8, 4) is 0 Å². The Kier molecular flexibility index (Phi) is 10.5. The number of aliphatic hydroxyl groups excluding tert-OH is 1. The maximum absolute atomic E-state index is 12.7. The Morgan fingerprint density at radius 1 is 1.20 bits per heavy atom. The van der Waals surface area contributed by atoms with E-state index in [-0.39, 0.29) is 65.5 Å². The monoisotopic (exact) mass is 616 g/mol. The molecule has 0 bridgehead atoms. The van der Waals surface area contributed by atoms with Crippen LogP contribution in [0.25, 0.3) is 11.0 Å². The minimum absolute atomic E-state index is 0. The summed E-state index contributed by atoms with van der Waals surface area (Å²) in [5, 5.41) is 14.4. The van der Waals surface area contributed by atoms with Gasteiger partial charge in [0.05, 0.1) is 13.6 Å². The molecule has 7 N–H and O–H groups in total. The molecule has 0 aliphatic carbocycles. The molecular formula is C22H30ClIN8O3. The lowest BCUT2D eigenvalue weighted by Crippen LogP contribution is -3.00. The Hall–Kier alpha value is -2.71. The highest BCUT2D eigenvalue weighted by atomic mass is 127. The molecule has 13 heteroatoms. The van der Waals surface area contributed by atoms with E-state index < -0.39 is 5.91 Å². The number of fused-ring (bicyclic) bond motifs is 1. The van der Waals surface area contributed by atoms with Crippen molar-refractivity contribution in [3.05, 3.63) is 40.4 Å². The number of carbonyl (C=O) groups is 2. The van der Waals surface area contributed by atoms with Gasteiger partial charge in [0.25, 0.3) is 11.7 Å². The largest absolute Gasteiger partial charge is 1.00 e. The first kappa shape index (κ1) is 28.5. The minimum Gasteiger partial charge on any atom is -1.00 e. The van der Waals surface area contributed by atoms with Crippen molar-refractivity contribution in [3.63, 3.8) is 0 Å². The van der Waals surface area contributed by atoms with Crippen molar-refractivity contribution in [2.24, 2.45) is 7.05 Å². The summed E-state index contributed by atoms with van der Waals surface area (Å²) in [6.45, 7) is 3.46. The molecule has 0 aliphatic rings. The van der Waals surface area contributed by atoms with Gasteiger partial charge < -0.3 is 51.2 Å². The quantitative estimate of drug-likeness (QED) is 0.0951. The van der Waals surface area contributed by atoms with Crippen molar-refractivity contribution in [2.75, 3.05) is 24.6 Å². The smallest absolute Gasteiger partial charge is 0.276 e. The molecule has 0 spiro atoms. The standard InChI is InChI=1S/C22H29ClN8O3.HI/c1-3-31-15-11-13(6-8-16(33)26-9-4-10-32)5-7-14(15)30(2)17(31)12-27-22(34)18-20(24)29-21(25)19(23)28-18;/h5,7,11,32H,3-4,6,8-10,12H2,1-2H3,(H5-,24,25,26,27,29,33,34);1H. The molecule has 0 unspecified atom stereocenters. The van der Waals surface area contributed by atoms with Gasteiger partial charge in [-0.3, -0.25) is 9.59 Å². The number of amides is 2. The summed E-state index contributed by atoms with van der Waals surface area (Å²) in [6, 6.07) is 6.07. The van der Waals surface area contributed by atoms with Gasteiger partial charge in [0, 0.05) is 19.6 Å². The number of carbonyl (C=O) groups excluding carboxylic acids is 2. The van der Waals surface area contributed by atoms with E-state index in [2.05, 4.69) is 31.2 Å². The second-order valence-electron chi connectivity index (χ2n) is 7.79. The summed E-state index contributed by atoms with van der Waals surface area (Å²) in [5.41, 5.74) is 14.3. The average molecular weight is 617 g/mol. The van der Waals surface area contributed by atoms with E-state index >= 15 is 0 Å². The number of benzene rings is 1. The number of aromatic nitrogens is 4. The zero-order chi connectivity index (χ0) is 24.8. The molecule has 0 saturated carbocycles. The zero-order valence-electron chi connectivity index (χ0n) is 19.6. The first-order chi connectivity index (χ1) is 16.3. The predicted octanol–water partition coefficient (Wildman–Crippen LogP) is -2.54. The molecule has 2 heterocycles. The van der Waals surface area contributed by atoms with E-state index in [0.29, 0.717) is 32.4 Å². The molecular weight excluding hydrogens is 587 g/mol. The van der Waals surface area contributed by atoms with E-state index in [1.54, 1.807) is 0 Å². The summed E-state index contributed by atoms with van der Waals surface area (Å²) in [5.74, 6) is 0.195. The number of nitrogens with zero attached hydrogens (tertiary/aromatic N) is 4. The van der Waals surface area contributed by atoms with E-state index in [9.17, 15) is 9.59 Å². The third-order valence-corrected chi connectivity index (χ3v) is 5.81. The minimum atomic E-state index is -0.507. The summed E-state index contributed by atoms with van der Waals surface area (Å²) in [7, 11) is 1.93. The van der Waals surface area contributed by atoms with Gasteiger partial charge in [-0.25, -0.2) is 19.1 Å². The number of nitrogens with two attached hydrogens (primary N) is 2. The van der Waals surface area contributed by atoms with Crippen LogP contribution in [0.3, 0.4) is 0 Å². The number of rotatable bonds is 10. The van der Waals surface area contributed by atoms with E-state index in [4.69, 9.17) is 28.2 Å². The molecule has 0 radical (unpaired) electrons. The van der Waals surface area contributed by atoms with E-state index in [1.807, 2.05) is 30.7 Å². The number of aryl methyl sites for hydroxylation is 3. The van der Waals surface area contributed by atoms with E-state index in [0.717, 1.165) is 22.4 Å². The van der Waals surface area contributed by atoms with Crippen LogP contribution in [0.2, 0.25) is 5.15 Å². The molecule has 3 rings (SSSR count). The summed E-state index contributed by atoms with van der Waals surface area (Å²) in [6.07, 6.45) is 1.51. The summed E-state index contributed by atoms with van der Waals surface area (Å²) < 4.78 is 4.11. The number of halogens is 2. The predicted molar refractivity (Wildman–Crippen MR) is 129 cm³/mol. The van der Waals surface area contributed by atoms with Crippen LogP contribution in [-0.2, 0) is 31.4 Å². The van der Waals surface area contributed by atoms with Crippen LogP contribution in [-0.4, -0.2) is 44.6 Å². The molecule has 0 aliphatic heterocycles. The van der Waals surface area contributed by atoms with Gasteiger partial charge in [0.15, 0.2) is 33.5 Å². The Balaban J connectivity index is 0.00000432. The van der Waals surface area contributed by atoms with Gasteiger partial charge in [-0.05, 0) is 37.5 Å². The number of aliphatic hydroxyl groups is 1. The lowest BCUT2D eigenvalue weighted by Gasteiger charge is -2.07. The Labute approximate surface area is 225 Å². The van der Waals surface area contributed by atoms with Gasteiger partial charge in [0.1, 0.15) is 6.54 Å². The fraction of sp³-hybridized carbons (Fsp3) is 0.409. The molecule has 0 fully saturated rings. The van der Waals surface area contributed by atoms with Crippen molar-refractivity contribution in [1.29, 1.82) is 0 Å². The normalized spacial score (nSPS) is 10.7. The Morgan fingerprint density at radius 3 is 2.63 bits per heavy atom. The van der Waals surface area contributed by atoms with E-state index in [1.165, 1.54) is 0 Å². The number of nitrogen functional groups attached to an aromatic ring is 2. The summed E-state index contributed by atoms with van der Waals surface area (Å²) in [4.78, 5) is 32.4. The third-order valence-electron chi connectivity index (χ3n) is 5.53. The third kappa shape index (κ3) is 6.70. The number of imidazole rings is 1. The second kappa shape index (κ2) is 12.8. The molecule has 2 aromatic heterocycles. The van der Waals surface area contributed by atoms with Crippen molar-refractivity contribution >= 4 is 46.1 Å². The van der Waals surface area contributed by atoms with Crippen LogP contribution in [0.4, 0.5) is 11.6 Å². The second-order valence-corrected chi connectivity index (χ2v) is 8.14. The first-order valence-electron chi connectivity index (χ1n) is 11.0. The number of hydrogen-bond donors (Lipinski definition) is 5. The maximum Gasteiger partial charge on any atom is 0.276 e. The van der Waals surface area contributed by atoms with Crippen LogP contribution in [0.1, 0.15) is 41.6 Å². The number of nitrogens with one attached hydrogen (secondary N) is 2. The SMILES string of the molecule is CCn1c(CNC(=O)c2nc(Cl)c(N)nc2N)[n+](C)c2ccc(CCC(=O)NCCCO)cc21.[I-]. The lowest BCUT2D eigenvalue weighted by atomic mass is 10.1. The summed E-state index contributed by atoms with van der Waals surface area (Å²) >= 11 is 5.89. The molecule has 2 amide bonds. The highest BCUT2D eigenvalue weighted by molar-refractivity contribution is 6.31. The maximum atomic E-state index is 12.7.